The molecule has 0 aliphatic rings. The fraction of sp³-hybridized carbons (Fsp3) is 0.720. The Morgan fingerprint density at radius 1 is 0.833 bits per heavy atom. The summed E-state index contributed by atoms with van der Waals surface area (Å²) in [5.74, 6) is 0.670. The molecule has 3 nitrogen and oxygen atoms in total. The van der Waals surface area contributed by atoms with E-state index in [4.69, 9.17) is 4.74 Å². The van der Waals surface area contributed by atoms with Crippen molar-refractivity contribution in [2.45, 2.75) is 104 Å². The lowest BCUT2D eigenvalue weighted by molar-refractivity contribution is -0.123. The van der Waals surface area contributed by atoms with Crippen LogP contribution in [0.25, 0.3) is 0 Å². The molecule has 0 heterocycles. The summed E-state index contributed by atoms with van der Waals surface area (Å²) in [6.07, 6.45) is 18.8. The summed E-state index contributed by atoms with van der Waals surface area (Å²) in [4.78, 5) is 12.0. The summed E-state index contributed by atoms with van der Waals surface area (Å²) < 4.78 is 7.52. The van der Waals surface area contributed by atoms with Crippen LogP contribution in [0.5, 0.6) is 5.75 Å². The van der Waals surface area contributed by atoms with Gasteiger partial charge in [-0.2, -0.15) is 0 Å². The molecule has 1 N–H and O–H groups in total. The molecular formula is C25H41Br2NO2. The number of unbranched alkanes of at least 4 members (excludes halogenated alkanes) is 13. The van der Waals surface area contributed by atoms with Gasteiger partial charge in [0.15, 0.2) is 6.61 Å². The topological polar surface area (TPSA) is 38.3 Å². The van der Waals surface area contributed by atoms with E-state index >= 15 is 0 Å². The summed E-state index contributed by atoms with van der Waals surface area (Å²) in [6, 6.07) is 3.90. The number of hydrogen-bond acceptors (Lipinski definition) is 2. The second-order valence-corrected chi connectivity index (χ2v) is 10.0. The van der Waals surface area contributed by atoms with Gasteiger partial charge in [0.05, 0.1) is 4.47 Å². The first kappa shape index (κ1) is 27.5. The number of benzene rings is 1. The van der Waals surface area contributed by atoms with Gasteiger partial charge in [0.25, 0.3) is 5.91 Å². The normalized spacial score (nSPS) is 10.9. The first-order valence-corrected chi connectivity index (χ1v) is 13.5. The van der Waals surface area contributed by atoms with E-state index in [0.29, 0.717) is 0 Å². The Labute approximate surface area is 201 Å². The molecule has 1 amide bonds. The third-order valence-electron chi connectivity index (χ3n) is 5.39. The lowest BCUT2D eigenvalue weighted by Gasteiger charge is -2.12. The Morgan fingerprint density at radius 3 is 1.83 bits per heavy atom. The maximum Gasteiger partial charge on any atom is 0.257 e. The molecule has 0 bridgehead atoms. The molecule has 0 saturated carbocycles. The fourth-order valence-corrected chi connectivity index (χ4v) is 5.16. The van der Waals surface area contributed by atoms with Crippen LogP contribution in [0.15, 0.2) is 21.1 Å². The van der Waals surface area contributed by atoms with Gasteiger partial charge in [0.1, 0.15) is 5.75 Å². The van der Waals surface area contributed by atoms with Crippen LogP contribution < -0.4 is 10.1 Å². The zero-order valence-corrected chi connectivity index (χ0v) is 22.2. The first-order valence-electron chi connectivity index (χ1n) is 11.9. The van der Waals surface area contributed by atoms with Crippen molar-refractivity contribution in [2.75, 3.05) is 13.2 Å². The molecule has 0 aromatic heterocycles. The molecule has 0 fully saturated rings. The highest BCUT2D eigenvalue weighted by atomic mass is 79.9. The van der Waals surface area contributed by atoms with E-state index in [-0.39, 0.29) is 12.5 Å². The highest BCUT2D eigenvalue weighted by Gasteiger charge is 2.09. The Kier molecular flexibility index (Phi) is 16.5. The fourth-order valence-electron chi connectivity index (χ4n) is 3.61. The van der Waals surface area contributed by atoms with Crippen molar-refractivity contribution in [3.63, 3.8) is 0 Å². The van der Waals surface area contributed by atoms with Gasteiger partial charge in [-0.1, -0.05) is 106 Å². The van der Waals surface area contributed by atoms with Crippen LogP contribution in [0.1, 0.15) is 102 Å². The maximum atomic E-state index is 12.0. The summed E-state index contributed by atoms with van der Waals surface area (Å²) in [7, 11) is 0. The minimum Gasteiger partial charge on any atom is -0.482 e. The molecule has 0 aliphatic carbocycles. The number of ether oxygens (including phenoxy) is 1. The van der Waals surface area contributed by atoms with Crippen molar-refractivity contribution in [1.82, 2.24) is 5.32 Å². The summed E-state index contributed by atoms with van der Waals surface area (Å²) in [5.41, 5.74) is 0.996. The number of carbonyl (C=O) groups excluding carboxylic acids is 1. The SMILES string of the molecule is CCCCCCCCCCCCCCCCNC(=O)COc1c(C)cc(Br)cc1Br. The van der Waals surface area contributed by atoms with Gasteiger partial charge in [-0.3, -0.25) is 4.79 Å². The van der Waals surface area contributed by atoms with Crippen LogP contribution in [0.3, 0.4) is 0 Å². The second kappa shape index (κ2) is 18.1. The van der Waals surface area contributed by atoms with Crippen molar-refractivity contribution in [3.8, 4) is 5.75 Å². The largest absolute Gasteiger partial charge is 0.482 e. The summed E-state index contributed by atoms with van der Waals surface area (Å²) >= 11 is 6.93. The number of carbonyl (C=O) groups is 1. The molecule has 172 valence electrons. The molecule has 1 aromatic rings. The third kappa shape index (κ3) is 13.7. The van der Waals surface area contributed by atoms with Gasteiger partial charge in [0.2, 0.25) is 0 Å². The molecule has 1 aromatic carbocycles. The van der Waals surface area contributed by atoms with E-state index < -0.39 is 0 Å². The van der Waals surface area contributed by atoms with E-state index in [2.05, 4.69) is 44.1 Å². The van der Waals surface area contributed by atoms with E-state index in [1.165, 1.54) is 83.5 Å². The lowest BCUT2D eigenvalue weighted by atomic mass is 10.0. The average Bonchev–Trinajstić information content (AvgIpc) is 2.70. The number of nitrogens with one attached hydrogen (secondary N) is 1. The summed E-state index contributed by atoms with van der Waals surface area (Å²) in [6.45, 7) is 5.04. The first-order chi connectivity index (χ1) is 14.5. The van der Waals surface area contributed by atoms with Crippen molar-refractivity contribution in [3.05, 3.63) is 26.6 Å². The molecule has 5 heteroatoms. The highest BCUT2D eigenvalue weighted by molar-refractivity contribution is 9.11. The number of halogens is 2. The van der Waals surface area contributed by atoms with E-state index in [1.807, 2.05) is 19.1 Å². The minimum atomic E-state index is -0.0566. The molecule has 0 saturated heterocycles. The molecule has 30 heavy (non-hydrogen) atoms. The van der Waals surface area contributed by atoms with Gasteiger partial charge in [-0.05, 0) is 47.0 Å². The zero-order chi connectivity index (χ0) is 22.0. The average molecular weight is 547 g/mol. The van der Waals surface area contributed by atoms with Crippen LogP contribution in [-0.4, -0.2) is 19.1 Å². The van der Waals surface area contributed by atoms with Gasteiger partial charge in [-0.25, -0.2) is 0 Å². The van der Waals surface area contributed by atoms with Crippen molar-refractivity contribution >= 4 is 37.8 Å². The number of amides is 1. The van der Waals surface area contributed by atoms with Crippen LogP contribution in [0.4, 0.5) is 0 Å². The van der Waals surface area contributed by atoms with Gasteiger partial charge < -0.3 is 10.1 Å². The Bertz CT molecular complexity index is 570. The summed E-state index contributed by atoms with van der Waals surface area (Å²) in [5, 5.41) is 2.96. The van der Waals surface area contributed by atoms with Crippen molar-refractivity contribution in [2.24, 2.45) is 0 Å². The number of aryl methyl sites for hydroxylation is 1. The zero-order valence-electron chi connectivity index (χ0n) is 19.0. The monoisotopic (exact) mass is 545 g/mol. The second-order valence-electron chi connectivity index (χ2n) is 8.27. The van der Waals surface area contributed by atoms with Crippen LogP contribution >= 0.6 is 31.9 Å². The standard InChI is InChI=1S/C25H41Br2NO2/c1-3-4-5-6-7-8-9-10-11-12-13-14-15-16-17-28-24(29)20-30-25-21(2)18-22(26)19-23(25)27/h18-19H,3-17,20H2,1-2H3,(H,28,29). The van der Waals surface area contributed by atoms with E-state index in [9.17, 15) is 4.79 Å². The van der Waals surface area contributed by atoms with Crippen molar-refractivity contribution < 1.29 is 9.53 Å². The smallest absolute Gasteiger partial charge is 0.257 e. The highest BCUT2D eigenvalue weighted by Crippen LogP contribution is 2.32. The molecule has 0 atom stereocenters. The van der Waals surface area contributed by atoms with Crippen LogP contribution in [0, 0.1) is 6.92 Å². The Morgan fingerprint density at radius 2 is 1.33 bits per heavy atom. The van der Waals surface area contributed by atoms with E-state index in [1.54, 1.807) is 0 Å². The van der Waals surface area contributed by atoms with Crippen LogP contribution in [0.2, 0.25) is 0 Å². The minimum absolute atomic E-state index is 0.0552. The molecule has 1 rings (SSSR count). The third-order valence-corrected chi connectivity index (χ3v) is 6.44. The predicted octanol–water partition coefficient (Wildman–Crippen LogP) is 8.50. The van der Waals surface area contributed by atoms with Crippen molar-refractivity contribution in [1.29, 1.82) is 0 Å². The van der Waals surface area contributed by atoms with Gasteiger partial charge >= 0.3 is 0 Å². The quantitative estimate of drug-likeness (QED) is 0.187. The van der Waals surface area contributed by atoms with Gasteiger partial charge in [-0.15, -0.1) is 0 Å². The molecule has 0 radical (unpaired) electrons. The maximum absolute atomic E-state index is 12.0. The molecular weight excluding hydrogens is 506 g/mol. The molecule has 0 aliphatic heterocycles. The van der Waals surface area contributed by atoms with Crippen LogP contribution in [-0.2, 0) is 4.79 Å². The molecule has 0 unspecified atom stereocenters. The molecule has 0 spiro atoms. The number of hydrogen-bond donors (Lipinski definition) is 1. The predicted molar refractivity (Wildman–Crippen MR) is 135 cm³/mol. The Balaban J connectivity index is 1.91. The Hall–Kier alpha value is -0.550. The number of rotatable bonds is 18. The lowest BCUT2D eigenvalue weighted by Crippen LogP contribution is -2.29. The van der Waals surface area contributed by atoms with Gasteiger partial charge in [0, 0.05) is 11.0 Å². The van der Waals surface area contributed by atoms with E-state index in [0.717, 1.165) is 33.2 Å².